The van der Waals surface area contributed by atoms with Crippen LogP contribution in [-0.4, -0.2) is 27.6 Å². The van der Waals surface area contributed by atoms with Crippen molar-refractivity contribution in [2.24, 2.45) is 7.05 Å². The lowest BCUT2D eigenvalue weighted by Gasteiger charge is -2.13. The molecule has 0 saturated heterocycles. The van der Waals surface area contributed by atoms with Gasteiger partial charge in [0, 0.05) is 19.2 Å². The fourth-order valence-corrected chi connectivity index (χ4v) is 2.43. The first kappa shape index (κ1) is 18.6. The third-order valence-corrected chi connectivity index (χ3v) is 3.87. The number of hydrogen-bond acceptors (Lipinski definition) is 3. The first-order chi connectivity index (χ1) is 11.9. The van der Waals surface area contributed by atoms with E-state index >= 15 is 0 Å². The maximum Gasteiger partial charge on any atom is 0.314 e. The molecule has 7 heteroatoms. The van der Waals surface area contributed by atoms with Gasteiger partial charge in [-0.1, -0.05) is 19.1 Å². The lowest BCUT2D eigenvalue weighted by atomic mass is 10.1. The molecule has 2 aromatic rings. The molecule has 2 N–H and O–H groups in total. The van der Waals surface area contributed by atoms with Crippen molar-refractivity contribution in [1.29, 1.82) is 0 Å². The molecule has 0 aliphatic carbocycles. The predicted octanol–water partition coefficient (Wildman–Crippen LogP) is 2.20. The molecular formula is C18H23FN4O2. The quantitative estimate of drug-likeness (QED) is 0.787. The molecule has 2 amide bonds. The highest BCUT2D eigenvalue weighted by Crippen LogP contribution is 2.10. The number of amides is 2. The smallest absolute Gasteiger partial charge is 0.314 e. The van der Waals surface area contributed by atoms with E-state index < -0.39 is 11.8 Å². The summed E-state index contributed by atoms with van der Waals surface area (Å²) < 4.78 is 14.7. The Morgan fingerprint density at radius 2 is 2.04 bits per heavy atom. The summed E-state index contributed by atoms with van der Waals surface area (Å²) in [6.07, 6.45) is 1.96. The Balaban J connectivity index is 1.83. The highest BCUT2D eigenvalue weighted by atomic mass is 19.1. The van der Waals surface area contributed by atoms with E-state index in [1.165, 1.54) is 16.8 Å². The molecule has 25 heavy (non-hydrogen) atoms. The van der Waals surface area contributed by atoms with Crippen molar-refractivity contribution in [2.45, 2.75) is 39.2 Å². The van der Waals surface area contributed by atoms with Crippen LogP contribution in [0.3, 0.4) is 0 Å². The summed E-state index contributed by atoms with van der Waals surface area (Å²) in [6.45, 7) is 3.77. The third kappa shape index (κ3) is 5.41. The second kappa shape index (κ2) is 8.41. The van der Waals surface area contributed by atoms with Gasteiger partial charge in [-0.3, -0.25) is 14.3 Å². The molecule has 0 spiro atoms. The van der Waals surface area contributed by atoms with Gasteiger partial charge in [0.05, 0.1) is 5.69 Å². The fourth-order valence-electron chi connectivity index (χ4n) is 2.43. The van der Waals surface area contributed by atoms with Gasteiger partial charge in [0.2, 0.25) is 0 Å². The van der Waals surface area contributed by atoms with Gasteiger partial charge in [0.15, 0.2) is 0 Å². The van der Waals surface area contributed by atoms with E-state index in [0.29, 0.717) is 18.7 Å². The van der Waals surface area contributed by atoms with Gasteiger partial charge in [-0.15, -0.1) is 0 Å². The molecule has 0 unspecified atom stereocenters. The summed E-state index contributed by atoms with van der Waals surface area (Å²) in [7, 11) is 1.70. The highest BCUT2D eigenvalue weighted by molar-refractivity contribution is 6.39. The maximum atomic E-state index is 13.1. The van der Waals surface area contributed by atoms with Crippen LogP contribution in [0, 0.1) is 5.82 Å². The number of halogens is 1. The van der Waals surface area contributed by atoms with Crippen molar-refractivity contribution >= 4 is 17.6 Å². The molecular weight excluding hydrogens is 323 g/mol. The molecule has 134 valence electrons. The molecule has 1 aromatic heterocycles. The number of nitrogens with one attached hydrogen (secondary N) is 2. The number of hydrogen-bond donors (Lipinski definition) is 2. The second-order valence-electron chi connectivity index (χ2n) is 6.00. The summed E-state index contributed by atoms with van der Waals surface area (Å²) in [5, 5.41) is 9.41. The predicted molar refractivity (Wildman–Crippen MR) is 93.5 cm³/mol. The molecule has 0 radical (unpaired) electrons. The van der Waals surface area contributed by atoms with Crippen molar-refractivity contribution in [1.82, 2.24) is 15.1 Å². The number of rotatable bonds is 6. The van der Waals surface area contributed by atoms with Crippen LogP contribution in [0.2, 0.25) is 0 Å². The monoisotopic (exact) mass is 346 g/mol. The third-order valence-electron chi connectivity index (χ3n) is 3.87. The van der Waals surface area contributed by atoms with E-state index in [4.69, 9.17) is 0 Å². The highest BCUT2D eigenvalue weighted by Gasteiger charge is 2.18. The molecule has 0 aliphatic heterocycles. The molecule has 0 bridgehead atoms. The van der Waals surface area contributed by atoms with Crippen LogP contribution in [0.1, 0.15) is 31.5 Å². The van der Waals surface area contributed by atoms with Gasteiger partial charge < -0.3 is 10.6 Å². The Labute approximate surface area is 146 Å². The minimum atomic E-state index is -0.733. The van der Waals surface area contributed by atoms with Gasteiger partial charge in [0.1, 0.15) is 11.6 Å². The lowest BCUT2D eigenvalue weighted by molar-refractivity contribution is -0.136. The Kier molecular flexibility index (Phi) is 6.27. The number of anilines is 1. The van der Waals surface area contributed by atoms with Crippen molar-refractivity contribution in [3.8, 4) is 0 Å². The average molecular weight is 346 g/mol. The van der Waals surface area contributed by atoms with Gasteiger partial charge in [-0.25, -0.2) is 4.39 Å². The zero-order valence-electron chi connectivity index (χ0n) is 14.7. The van der Waals surface area contributed by atoms with Crippen molar-refractivity contribution in [2.75, 3.05) is 5.32 Å². The van der Waals surface area contributed by atoms with E-state index in [9.17, 15) is 14.0 Å². The average Bonchev–Trinajstić information content (AvgIpc) is 2.93. The first-order valence-electron chi connectivity index (χ1n) is 8.28. The van der Waals surface area contributed by atoms with Crippen LogP contribution < -0.4 is 10.6 Å². The van der Waals surface area contributed by atoms with Gasteiger partial charge in [-0.05, 0) is 43.9 Å². The molecule has 0 saturated carbocycles. The lowest BCUT2D eigenvalue weighted by Crippen LogP contribution is -2.41. The van der Waals surface area contributed by atoms with E-state index in [1.54, 1.807) is 19.2 Å². The topological polar surface area (TPSA) is 76.0 Å². The van der Waals surface area contributed by atoms with Gasteiger partial charge in [0.25, 0.3) is 0 Å². The summed E-state index contributed by atoms with van der Waals surface area (Å²) in [5.41, 5.74) is 1.69. The number of nitrogens with zero attached hydrogens (tertiary/aromatic N) is 2. The summed E-state index contributed by atoms with van der Waals surface area (Å²) in [4.78, 5) is 24.0. The Morgan fingerprint density at radius 1 is 1.28 bits per heavy atom. The standard InChI is InChI=1S/C18H23FN4O2/c1-4-15-11-16(23(3)22-15)21-18(25)17(24)20-12(2)8-9-13-6-5-7-14(19)10-13/h5-7,10-12H,4,8-9H2,1-3H3,(H,20,24)(H,21,25)/t12-/m0/s1. The minimum absolute atomic E-state index is 0.209. The largest absolute Gasteiger partial charge is 0.345 e. The van der Waals surface area contributed by atoms with Crippen molar-refractivity contribution < 1.29 is 14.0 Å². The Hall–Kier alpha value is -2.70. The molecule has 1 aromatic carbocycles. The zero-order valence-corrected chi connectivity index (χ0v) is 14.7. The van der Waals surface area contributed by atoms with Gasteiger partial charge >= 0.3 is 11.8 Å². The number of carbonyl (C=O) groups is 2. The molecule has 0 fully saturated rings. The molecule has 6 nitrogen and oxygen atoms in total. The second-order valence-corrected chi connectivity index (χ2v) is 6.00. The Morgan fingerprint density at radius 3 is 2.68 bits per heavy atom. The summed E-state index contributed by atoms with van der Waals surface area (Å²) >= 11 is 0. The molecule has 1 heterocycles. The van der Waals surface area contributed by atoms with Crippen LogP contribution in [0.5, 0.6) is 0 Å². The number of benzene rings is 1. The van der Waals surface area contributed by atoms with Crippen LogP contribution >= 0.6 is 0 Å². The molecule has 0 aliphatic rings. The maximum absolute atomic E-state index is 13.1. The van der Waals surface area contributed by atoms with E-state index in [0.717, 1.165) is 17.7 Å². The van der Waals surface area contributed by atoms with Crippen molar-refractivity contribution in [3.05, 3.63) is 47.4 Å². The number of carbonyl (C=O) groups excluding carboxylic acids is 2. The van der Waals surface area contributed by atoms with Crippen molar-refractivity contribution in [3.63, 3.8) is 0 Å². The van der Waals surface area contributed by atoms with Crippen LogP contribution in [0.25, 0.3) is 0 Å². The van der Waals surface area contributed by atoms with E-state index in [1.807, 2.05) is 19.9 Å². The van der Waals surface area contributed by atoms with E-state index in [2.05, 4.69) is 15.7 Å². The molecule has 2 rings (SSSR count). The zero-order chi connectivity index (χ0) is 18.4. The van der Waals surface area contributed by atoms with Crippen LogP contribution in [0.15, 0.2) is 30.3 Å². The first-order valence-corrected chi connectivity index (χ1v) is 8.28. The van der Waals surface area contributed by atoms with Crippen LogP contribution in [0.4, 0.5) is 10.2 Å². The van der Waals surface area contributed by atoms with Gasteiger partial charge in [-0.2, -0.15) is 5.10 Å². The van der Waals surface area contributed by atoms with Crippen LogP contribution in [-0.2, 0) is 29.5 Å². The Bertz CT molecular complexity index is 757. The fraction of sp³-hybridized carbons (Fsp3) is 0.389. The normalized spacial score (nSPS) is 11.8. The summed E-state index contributed by atoms with van der Waals surface area (Å²) in [6, 6.07) is 7.87. The minimum Gasteiger partial charge on any atom is -0.345 e. The summed E-state index contributed by atoms with van der Waals surface area (Å²) in [5.74, 6) is -1.24. The number of aromatic nitrogens is 2. The van der Waals surface area contributed by atoms with E-state index in [-0.39, 0.29) is 11.9 Å². The SMILES string of the molecule is CCc1cc(NC(=O)C(=O)N[C@@H](C)CCc2cccc(F)c2)n(C)n1. The number of aryl methyl sites for hydroxylation is 3. The molecule has 1 atom stereocenters.